The van der Waals surface area contributed by atoms with Gasteiger partial charge >= 0.3 is 0 Å². The molecule has 0 radical (unpaired) electrons. The molecule has 0 aromatic heterocycles. The van der Waals surface area contributed by atoms with Crippen molar-refractivity contribution >= 4 is 21.9 Å². The molecule has 116 valence electrons. The number of nitrogens with one attached hydrogen (secondary N) is 1. The summed E-state index contributed by atoms with van der Waals surface area (Å²) < 4.78 is 1.14. The molecule has 0 spiro atoms. The summed E-state index contributed by atoms with van der Waals surface area (Å²) in [4.78, 5) is 8.98. The monoisotopic (exact) mass is 352 g/mol. The van der Waals surface area contributed by atoms with Crippen molar-refractivity contribution in [2.75, 3.05) is 34.2 Å². The zero-order valence-corrected chi connectivity index (χ0v) is 14.7. The van der Waals surface area contributed by atoms with E-state index in [2.05, 4.69) is 68.3 Å². The molecule has 4 nitrogen and oxygen atoms in total. The second kappa shape index (κ2) is 7.80. The fourth-order valence-electron chi connectivity index (χ4n) is 2.79. The van der Waals surface area contributed by atoms with Crippen molar-refractivity contribution in [3.8, 4) is 0 Å². The van der Waals surface area contributed by atoms with Crippen LogP contribution in [0.3, 0.4) is 0 Å². The van der Waals surface area contributed by atoms with E-state index < -0.39 is 0 Å². The first-order valence-electron chi connectivity index (χ1n) is 7.47. The molecule has 1 atom stereocenters. The maximum Gasteiger partial charge on any atom is 0.193 e. The standard InChI is InChI=1S/C16H25BrN4/c1-18-16(19-11-14-8-6-10-20(14)2)21(3)12-13-7-4-5-9-15(13)17/h4-5,7,9,14H,6,8,10-12H2,1-3H3,(H,18,19). The van der Waals surface area contributed by atoms with Crippen LogP contribution in [0, 0.1) is 0 Å². The molecule has 0 bridgehead atoms. The minimum Gasteiger partial charge on any atom is -0.355 e. The first-order valence-corrected chi connectivity index (χ1v) is 8.26. The fourth-order valence-corrected chi connectivity index (χ4v) is 3.20. The van der Waals surface area contributed by atoms with E-state index in [1.165, 1.54) is 24.9 Å². The lowest BCUT2D eigenvalue weighted by atomic mass is 10.2. The van der Waals surface area contributed by atoms with Gasteiger partial charge in [-0.15, -0.1) is 0 Å². The highest BCUT2D eigenvalue weighted by molar-refractivity contribution is 9.10. The average Bonchev–Trinajstić information content (AvgIpc) is 2.88. The van der Waals surface area contributed by atoms with Crippen LogP contribution in [0.4, 0.5) is 0 Å². The van der Waals surface area contributed by atoms with Gasteiger partial charge in [0.25, 0.3) is 0 Å². The summed E-state index contributed by atoms with van der Waals surface area (Å²) in [6, 6.07) is 8.94. The molecular formula is C16H25BrN4. The van der Waals surface area contributed by atoms with Crippen molar-refractivity contribution in [3.05, 3.63) is 34.3 Å². The normalized spacial score (nSPS) is 19.8. The number of likely N-dealkylation sites (tertiary alicyclic amines) is 1. The van der Waals surface area contributed by atoms with Crippen LogP contribution in [-0.2, 0) is 6.54 Å². The second-order valence-corrected chi connectivity index (χ2v) is 6.51. The van der Waals surface area contributed by atoms with Gasteiger partial charge in [0, 0.05) is 37.7 Å². The highest BCUT2D eigenvalue weighted by atomic mass is 79.9. The molecule has 1 aliphatic heterocycles. The van der Waals surface area contributed by atoms with Gasteiger partial charge < -0.3 is 15.1 Å². The maximum absolute atomic E-state index is 4.40. The number of likely N-dealkylation sites (N-methyl/N-ethyl adjacent to an activating group) is 1. The van der Waals surface area contributed by atoms with E-state index in [4.69, 9.17) is 0 Å². The highest BCUT2D eigenvalue weighted by Gasteiger charge is 2.21. The summed E-state index contributed by atoms with van der Waals surface area (Å²) in [7, 11) is 6.12. The van der Waals surface area contributed by atoms with Crippen LogP contribution in [0.25, 0.3) is 0 Å². The van der Waals surface area contributed by atoms with Gasteiger partial charge in [0.1, 0.15) is 0 Å². The van der Waals surface area contributed by atoms with Crippen LogP contribution in [-0.4, -0.2) is 56.0 Å². The van der Waals surface area contributed by atoms with E-state index in [1.54, 1.807) is 0 Å². The molecule has 2 rings (SSSR count). The lowest BCUT2D eigenvalue weighted by Gasteiger charge is -2.26. The third-order valence-electron chi connectivity index (χ3n) is 4.11. The summed E-state index contributed by atoms with van der Waals surface area (Å²) in [5, 5.41) is 3.50. The summed E-state index contributed by atoms with van der Waals surface area (Å²) in [5.41, 5.74) is 1.26. The molecule has 1 aromatic carbocycles. The molecule has 0 saturated carbocycles. The molecule has 1 N–H and O–H groups in total. The van der Waals surface area contributed by atoms with Gasteiger partial charge in [-0.2, -0.15) is 0 Å². The number of hydrogen-bond acceptors (Lipinski definition) is 2. The highest BCUT2D eigenvalue weighted by Crippen LogP contribution is 2.17. The van der Waals surface area contributed by atoms with Gasteiger partial charge in [-0.3, -0.25) is 4.99 Å². The van der Waals surface area contributed by atoms with Crippen molar-refractivity contribution in [2.45, 2.75) is 25.4 Å². The Morgan fingerprint density at radius 1 is 1.48 bits per heavy atom. The Balaban J connectivity index is 1.90. The quantitative estimate of drug-likeness (QED) is 0.667. The average molecular weight is 353 g/mol. The van der Waals surface area contributed by atoms with Crippen molar-refractivity contribution in [2.24, 2.45) is 4.99 Å². The molecule has 1 aromatic rings. The molecule has 1 heterocycles. The molecule has 1 aliphatic rings. The molecule has 5 heteroatoms. The Labute approximate surface area is 136 Å². The number of hydrogen-bond donors (Lipinski definition) is 1. The number of rotatable bonds is 4. The zero-order valence-electron chi connectivity index (χ0n) is 13.1. The number of nitrogens with zero attached hydrogens (tertiary/aromatic N) is 3. The number of aliphatic imine (C=N–C) groups is 1. The van der Waals surface area contributed by atoms with Gasteiger partial charge in [0.15, 0.2) is 5.96 Å². The second-order valence-electron chi connectivity index (χ2n) is 5.65. The topological polar surface area (TPSA) is 30.9 Å². The van der Waals surface area contributed by atoms with Crippen LogP contribution in [0.1, 0.15) is 18.4 Å². The Hall–Kier alpha value is -1.07. The predicted molar refractivity (Wildman–Crippen MR) is 92.6 cm³/mol. The summed E-state index contributed by atoms with van der Waals surface area (Å²) in [6.45, 7) is 3.00. The number of halogens is 1. The van der Waals surface area contributed by atoms with E-state index in [1.807, 2.05) is 13.1 Å². The summed E-state index contributed by atoms with van der Waals surface area (Å²) in [5.74, 6) is 0.950. The zero-order chi connectivity index (χ0) is 15.2. The van der Waals surface area contributed by atoms with Crippen molar-refractivity contribution < 1.29 is 0 Å². The van der Waals surface area contributed by atoms with Crippen molar-refractivity contribution in [3.63, 3.8) is 0 Å². The van der Waals surface area contributed by atoms with Gasteiger partial charge in [-0.25, -0.2) is 0 Å². The van der Waals surface area contributed by atoms with Gasteiger partial charge in [0.2, 0.25) is 0 Å². The Kier molecular flexibility index (Phi) is 6.06. The molecule has 0 amide bonds. The lowest BCUT2D eigenvalue weighted by Crippen LogP contribution is -2.44. The van der Waals surface area contributed by atoms with E-state index in [9.17, 15) is 0 Å². The number of benzene rings is 1. The van der Waals surface area contributed by atoms with Gasteiger partial charge in [-0.1, -0.05) is 34.1 Å². The summed E-state index contributed by atoms with van der Waals surface area (Å²) in [6.07, 6.45) is 2.57. The molecule has 1 saturated heterocycles. The Morgan fingerprint density at radius 2 is 2.24 bits per heavy atom. The lowest BCUT2D eigenvalue weighted by molar-refractivity contribution is 0.306. The SMILES string of the molecule is CN=C(NCC1CCCN1C)N(C)Cc1ccccc1Br. The van der Waals surface area contributed by atoms with Crippen LogP contribution < -0.4 is 5.32 Å². The van der Waals surface area contributed by atoms with Crippen LogP contribution in [0.2, 0.25) is 0 Å². The van der Waals surface area contributed by atoms with E-state index in [-0.39, 0.29) is 0 Å². The van der Waals surface area contributed by atoms with E-state index >= 15 is 0 Å². The van der Waals surface area contributed by atoms with Crippen LogP contribution in [0.5, 0.6) is 0 Å². The van der Waals surface area contributed by atoms with Crippen molar-refractivity contribution in [1.29, 1.82) is 0 Å². The first kappa shape index (κ1) is 16.3. The first-order chi connectivity index (χ1) is 10.1. The number of guanidine groups is 1. The van der Waals surface area contributed by atoms with E-state index in [0.29, 0.717) is 6.04 Å². The molecule has 1 unspecified atom stereocenters. The molecule has 1 fully saturated rings. The minimum absolute atomic E-state index is 0.624. The Bertz CT molecular complexity index is 489. The van der Waals surface area contributed by atoms with Crippen molar-refractivity contribution in [1.82, 2.24) is 15.1 Å². The minimum atomic E-state index is 0.624. The predicted octanol–water partition coefficient (Wildman–Crippen LogP) is 2.55. The van der Waals surface area contributed by atoms with E-state index in [0.717, 1.165) is 23.5 Å². The fraction of sp³-hybridized carbons (Fsp3) is 0.562. The van der Waals surface area contributed by atoms with Gasteiger partial charge in [0.05, 0.1) is 0 Å². The third-order valence-corrected chi connectivity index (χ3v) is 4.88. The van der Waals surface area contributed by atoms with Gasteiger partial charge in [-0.05, 0) is 38.1 Å². The molecular weight excluding hydrogens is 328 g/mol. The smallest absolute Gasteiger partial charge is 0.193 e. The molecule has 21 heavy (non-hydrogen) atoms. The Morgan fingerprint density at radius 3 is 2.86 bits per heavy atom. The third kappa shape index (κ3) is 4.45. The summed E-state index contributed by atoms with van der Waals surface area (Å²) >= 11 is 3.60. The largest absolute Gasteiger partial charge is 0.355 e. The molecule has 0 aliphatic carbocycles. The maximum atomic E-state index is 4.40. The van der Waals surface area contributed by atoms with Crippen LogP contribution >= 0.6 is 15.9 Å². The van der Waals surface area contributed by atoms with Crippen LogP contribution in [0.15, 0.2) is 33.7 Å².